The van der Waals surface area contributed by atoms with Gasteiger partial charge in [-0.3, -0.25) is 14.5 Å². The summed E-state index contributed by atoms with van der Waals surface area (Å²) in [6.07, 6.45) is 0. The summed E-state index contributed by atoms with van der Waals surface area (Å²) < 4.78 is 0. The van der Waals surface area contributed by atoms with E-state index in [1.807, 2.05) is 56.3 Å². The SMILES string of the molecule is Cc1ccc(N2C(=O)CSC23C(=O)N(Cc2c(Cl)cccc2Cl)c2ccccc23)cc1C. The molecule has 4 nitrogen and oxygen atoms in total. The van der Waals surface area contributed by atoms with E-state index in [0.717, 1.165) is 28.1 Å². The zero-order valence-corrected chi connectivity index (χ0v) is 19.9. The number of fused-ring (bicyclic) bond motifs is 2. The molecule has 2 aliphatic rings. The van der Waals surface area contributed by atoms with Crippen molar-refractivity contribution in [1.82, 2.24) is 0 Å². The van der Waals surface area contributed by atoms with Crippen LogP contribution in [0.15, 0.2) is 60.7 Å². The summed E-state index contributed by atoms with van der Waals surface area (Å²) in [5.74, 6) is -0.0176. The average Bonchev–Trinajstić information content (AvgIpc) is 3.23. The van der Waals surface area contributed by atoms with Gasteiger partial charge in [0.2, 0.25) is 10.8 Å². The van der Waals surface area contributed by atoms with Gasteiger partial charge in [0.05, 0.1) is 18.0 Å². The Hall–Kier alpha value is -2.47. The predicted octanol–water partition coefficient (Wildman–Crippen LogP) is 6.09. The molecule has 32 heavy (non-hydrogen) atoms. The number of anilines is 2. The molecule has 3 aromatic rings. The van der Waals surface area contributed by atoms with Crippen molar-refractivity contribution in [1.29, 1.82) is 0 Å². The Labute approximate surface area is 201 Å². The number of amides is 2. The van der Waals surface area contributed by atoms with Crippen molar-refractivity contribution in [2.24, 2.45) is 0 Å². The minimum absolute atomic E-state index is 0.0842. The zero-order chi connectivity index (χ0) is 22.6. The summed E-state index contributed by atoms with van der Waals surface area (Å²) >= 11 is 14.2. The van der Waals surface area contributed by atoms with Gasteiger partial charge in [-0.25, -0.2) is 0 Å². The number of carbonyl (C=O) groups is 2. The first-order valence-corrected chi connectivity index (χ1v) is 12.0. The third kappa shape index (κ3) is 3.06. The second-order valence-corrected chi connectivity index (χ2v) is 10.0. The number of rotatable bonds is 3. The third-order valence-corrected chi connectivity index (χ3v) is 8.28. The van der Waals surface area contributed by atoms with Gasteiger partial charge in [0, 0.05) is 26.9 Å². The van der Waals surface area contributed by atoms with E-state index >= 15 is 0 Å². The fraction of sp³-hybridized carbons (Fsp3) is 0.200. The minimum Gasteiger partial charge on any atom is -0.304 e. The van der Waals surface area contributed by atoms with Crippen molar-refractivity contribution >= 4 is 58.2 Å². The second kappa shape index (κ2) is 7.84. The highest BCUT2D eigenvalue weighted by Crippen LogP contribution is 2.56. The highest BCUT2D eigenvalue weighted by molar-refractivity contribution is 8.02. The molecule has 5 rings (SSSR count). The molecule has 2 heterocycles. The van der Waals surface area contributed by atoms with E-state index in [4.69, 9.17) is 23.2 Å². The molecule has 2 amide bonds. The smallest absolute Gasteiger partial charge is 0.269 e. The Morgan fingerprint density at radius 1 is 0.938 bits per heavy atom. The first-order chi connectivity index (χ1) is 15.3. The summed E-state index contributed by atoms with van der Waals surface area (Å²) in [6.45, 7) is 4.27. The van der Waals surface area contributed by atoms with Crippen LogP contribution >= 0.6 is 35.0 Å². The van der Waals surface area contributed by atoms with Gasteiger partial charge in [-0.1, -0.05) is 53.5 Å². The minimum atomic E-state index is -1.15. The Bertz CT molecular complexity index is 1260. The van der Waals surface area contributed by atoms with Crippen LogP contribution in [0.25, 0.3) is 0 Å². The van der Waals surface area contributed by atoms with Gasteiger partial charge in [0.1, 0.15) is 0 Å². The number of carbonyl (C=O) groups excluding carboxylic acids is 2. The quantitative estimate of drug-likeness (QED) is 0.453. The fourth-order valence-electron chi connectivity index (χ4n) is 4.42. The molecule has 7 heteroatoms. The zero-order valence-electron chi connectivity index (χ0n) is 17.6. The van der Waals surface area contributed by atoms with Gasteiger partial charge < -0.3 is 4.90 Å². The molecule has 1 unspecified atom stereocenters. The maximum atomic E-state index is 14.1. The number of hydrogen-bond acceptors (Lipinski definition) is 3. The van der Waals surface area contributed by atoms with Crippen molar-refractivity contribution in [3.63, 3.8) is 0 Å². The van der Waals surface area contributed by atoms with Gasteiger partial charge in [-0.05, 0) is 55.3 Å². The van der Waals surface area contributed by atoms with E-state index in [2.05, 4.69) is 0 Å². The number of thioether (sulfide) groups is 1. The van der Waals surface area contributed by atoms with Gasteiger partial charge in [0.15, 0.2) is 0 Å². The summed E-state index contributed by atoms with van der Waals surface area (Å²) in [7, 11) is 0. The van der Waals surface area contributed by atoms with Gasteiger partial charge >= 0.3 is 0 Å². The first-order valence-electron chi connectivity index (χ1n) is 10.2. The van der Waals surface area contributed by atoms with E-state index < -0.39 is 4.87 Å². The summed E-state index contributed by atoms with van der Waals surface area (Å²) in [5.41, 5.74) is 5.19. The van der Waals surface area contributed by atoms with Crippen molar-refractivity contribution in [2.45, 2.75) is 25.3 Å². The van der Waals surface area contributed by atoms with E-state index in [1.54, 1.807) is 28.0 Å². The lowest BCUT2D eigenvalue weighted by atomic mass is 10.0. The molecule has 1 saturated heterocycles. The fourth-order valence-corrected chi connectivity index (χ4v) is 6.30. The van der Waals surface area contributed by atoms with Crippen molar-refractivity contribution in [3.8, 4) is 0 Å². The van der Waals surface area contributed by atoms with Gasteiger partial charge in [0.25, 0.3) is 5.91 Å². The molecule has 1 fully saturated rings. The summed E-state index contributed by atoms with van der Waals surface area (Å²) in [4.78, 5) is 29.5. The molecule has 0 bridgehead atoms. The van der Waals surface area contributed by atoms with Crippen LogP contribution in [0.5, 0.6) is 0 Å². The number of para-hydroxylation sites is 1. The van der Waals surface area contributed by atoms with E-state index in [0.29, 0.717) is 15.6 Å². The molecule has 0 N–H and O–H groups in total. The van der Waals surface area contributed by atoms with Crippen LogP contribution in [0.3, 0.4) is 0 Å². The summed E-state index contributed by atoms with van der Waals surface area (Å²) in [5, 5.41) is 1.01. The molecule has 2 aliphatic heterocycles. The number of benzene rings is 3. The molecule has 0 radical (unpaired) electrons. The van der Waals surface area contributed by atoms with E-state index in [-0.39, 0.29) is 24.1 Å². The molecule has 1 spiro atoms. The number of halogens is 2. The Kier molecular flexibility index (Phi) is 5.24. The Balaban J connectivity index is 1.66. The normalized spacial score (nSPS) is 19.9. The number of hydrogen-bond donors (Lipinski definition) is 0. The predicted molar refractivity (Wildman–Crippen MR) is 132 cm³/mol. The van der Waals surface area contributed by atoms with Crippen LogP contribution in [0.2, 0.25) is 10.0 Å². The topological polar surface area (TPSA) is 40.6 Å². The van der Waals surface area contributed by atoms with Crippen LogP contribution in [0.4, 0.5) is 11.4 Å². The molecule has 162 valence electrons. The van der Waals surface area contributed by atoms with Crippen LogP contribution in [-0.4, -0.2) is 17.6 Å². The monoisotopic (exact) mass is 482 g/mol. The maximum absolute atomic E-state index is 14.1. The lowest BCUT2D eigenvalue weighted by Gasteiger charge is -2.33. The lowest BCUT2D eigenvalue weighted by Crippen LogP contribution is -2.49. The Morgan fingerprint density at radius 2 is 1.66 bits per heavy atom. The van der Waals surface area contributed by atoms with Crippen molar-refractivity contribution in [3.05, 3.63) is 93.0 Å². The van der Waals surface area contributed by atoms with Gasteiger partial charge in [-0.2, -0.15) is 0 Å². The third-order valence-electron chi connectivity index (χ3n) is 6.19. The average molecular weight is 483 g/mol. The van der Waals surface area contributed by atoms with Crippen LogP contribution in [0.1, 0.15) is 22.3 Å². The standard InChI is InChI=1S/C25H20Cl2N2O2S/c1-15-10-11-17(12-16(15)2)29-23(30)14-32-25(29)19-6-3-4-9-22(19)28(24(25)31)13-18-20(26)7-5-8-21(18)27/h3-12H,13-14H2,1-2H3. The van der Waals surface area contributed by atoms with Crippen molar-refractivity contribution in [2.75, 3.05) is 15.6 Å². The second-order valence-electron chi connectivity index (χ2n) is 8.04. The van der Waals surface area contributed by atoms with Gasteiger partial charge in [-0.15, -0.1) is 11.8 Å². The largest absolute Gasteiger partial charge is 0.304 e. The molecule has 0 saturated carbocycles. The molecule has 3 aromatic carbocycles. The molecule has 0 aromatic heterocycles. The summed E-state index contributed by atoms with van der Waals surface area (Å²) in [6, 6.07) is 18.8. The number of aryl methyl sites for hydroxylation is 2. The van der Waals surface area contributed by atoms with Crippen LogP contribution in [0, 0.1) is 13.8 Å². The lowest BCUT2D eigenvalue weighted by molar-refractivity contribution is -0.123. The molecule has 0 aliphatic carbocycles. The van der Waals surface area contributed by atoms with E-state index in [1.165, 1.54) is 11.8 Å². The molecular formula is C25H20Cl2N2O2S. The molecular weight excluding hydrogens is 463 g/mol. The maximum Gasteiger partial charge on any atom is 0.269 e. The molecule has 1 atom stereocenters. The van der Waals surface area contributed by atoms with Crippen LogP contribution in [-0.2, 0) is 21.0 Å². The Morgan fingerprint density at radius 3 is 2.38 bits per heavy atom. The number of nitrogens with zero attached hydrogens (tertiary/aromatic N) is 2. The highest BCUT2D eigenvalue weighted by Gasteiger charge is 2.61. The first kappa shape index (κ1) is 21.4. The van der Waals surface area contributed by atoms with E-state index in [9.17, 15) is 9.59 Å². The van der Waals surface area contributed by atoms with Crippen molar-refractivity contribution < 1.29 is 9.59 Å². The highest BCUT2D eigenvalue weighted by atomic mass is 35.5. The van der Waals surface area contributed by atoms with Crippen LogP contribution < -0.4 is 9.80 Å².